The molecule has 1 saturated heterocycles. The molecule has 0 aliphatic carbocycles. The number of aryl methyl sites for hydroxylation is 2. The third-order valence-corrected chi connectivity index (χ3v) is 6.29. The number of nitrogens with zero attached hydrogens (tertiary/aromatic N) is 4. The normalized spacial score (nSPS) is 15.0. The molecule has 1 aliphatic rings. The fraction of sp³-hybridized carbons (Fsp3) is 0.545. The molecule has 172 valence electrons. The number of hydrogen-bond acceptors (Lipinski definition) is 5. The summed E-state index contributed by atoms with van der Waals surface area (Å²) in [6.07, 6.45) is 1.04. The van der Waals surface area contributed by atoms with Gasteiger partial charge >= 0.3 is 0 Å². The van der Waals surface area contributed by atoms with Crippen LogP contribution in [0, 0.1) is 19.7 Å². The van der Waals surface area contributed by atoms with Crippen LogP contribution in [0.25, 0.3) is 0 Å². The van der Waals surface area contributed by atoms with Crippen LogP contribution in [0.5, 0.6) is 0 Å². The lowest BCUT2D eigenvalue weighted by Crippen LogP contribution is -2.47. The second-order valence-corrected chi connectivity index (χ2v) is 8.78. The zero-order chi connectivity index (χ0) is 21.3. The van der Waals surface area contributed by atoms with Gasteiger partial charge in [0.1, 0.15) is 5.82 Å². The molecule has 31 heavy (non-hydrogen) atoms. The van der Waals surface area contributed by atoms with Crippen LogP contribution in [0.2, 0.25) is 0 Å². The Hall–Kier alpha value is -1.46. The van der Waals surface area contributed by atoms with Crippen molar-refractivity contribution in [1.29, 1.82) is 0 Å². The summed E-state index contributed by atoms with van der Waals surface area (Å²) in [5.74, 6) is 0.724. The average Bonchev–Trinajstić information content (AvgIpc) is 3.07. The lowest BCUT2D eigenvalue weighted by Gasteiger charge is -2.36. The quantitative estimate of drug-likeness (QED) is 0.223. The number of guanidine groups is 1. The van der Waals surface area contributed by atoms with Crippen molar-refractivity contribution in [2.45, 2.75) is 33.7 Å². The van der Waals surface area contributed by atoms with Gasteiger partial charge in [-0.15, -0.1) is 35.3 Å². The van der Waals surface area contributed by atoms with Crippen molar-refractivity contribution in [2.24, 2.45) is 4.99 Å². The van der Waals surface area contributed by atoms with E-state index in [0.29, 0.717) is 6.54 Å². The Kier molecular flexibility index (Phi) is 11.0. The van der Waals surface area contributed by atoms with Gasteiger partial charge in [-0.1, -0.05) is 12.1 Å². The van der Waals surface area contributed by atoms with E-state index < -0.39 is 0 Å². The lowest BCUT2D eigenvalue weighted by molar-refractivity contribution is 0.254. The number of piperazine rings is 1. The zero-order valence-electron chi connectivity index (χ0n) is 18.7. The van der Waals surface area contributed by atoms with Crippen molar-refractivity contribution < 1.29 is 4.39 Å². The molecule has 6 nitrogen and oxygen atoms in total. The third-order valence-electron chi connectivity index (χ3n) is 5.23. The SMILES string of the molecule is CCNC(=NCc1sc(C)nc1C)NCCCN1CCN(c2ccccc2F)CC1.I. The maximum absolute atomic E-state index is 14.0. The number of aliphatic imine (C=N–C) groups is 1. The van der Waals surface area contributed by atoms with Crippen LogP contribution < -0.4 is 15.5 Å². The van der Waals surface area contributed by atoms with Crippen LogP contribution in [-0.2, 0) is 6.54 Å². The van der Waals surface area contributed by atoms with E-state index in [9.17, 15) is 4.39 Å². The first kappa shape index (κ1) is 25.8. The second kappa shape index (κ2) is 13.2. The lowest BCUT2D eigenvalue weighted by atomic mass is 10.2. The first-order chi connectivity index (χ1) is 14.6. The number of halogens is 2. The summed E-state index contributed by atoms with van der Waals surface area (Å²) >= 11 is 1.71. The van der Waals surface area contributed by atoms with Gasteiger partial charge < -0.3 is 15.5 Å². The number of para-hydroxylation sites is 1. The zero-order valence-corrected chi connectivity index (χ0v) is 21.8. The second-order valence-electron chi connectivity index (χ2n) is 7.50. The molecule has 1 aliphatic heterocycles. The predicted octanol–water partition coefficient (Wildman–Crippen LogP) is 3.78. The maximum atomic E-state index is 14.0. The van der Waals surface area contributed by atoms with Gasteiger partial charge in [-0.25, -0.2) is 14.4 Å². The van der Waals surface area contributed by atoms with E-state index in [4.69, 9.17) is 4.99 Å². The summed E-state index contributed by atoms with van der Waals surface area (Å²) in [5, 5.41) is 7.84. The summed E-state index contributed by atoms with van der Waals surface area (Å²) in [4.78, 5) is 15.0. The Labute approximate surface area is 206 Å². The van der Waals surface area contributed by atoms with Gasteiger partial charge in [0.05, 0.1) is 22.9 Å². The largest absolute Gasteiger partial charge is 0.367 e. The highest BCUT2D eigenvalue weighted by atomic mass is 127. The Balaban J connectivity index is 0.00000341. The molecule has 0 saturated carbocycles. The van der Waals surface area contributed by atoms with Crippen LogP contribution in [0.3, 0.4) is 0 Å². The highest BCUT2D eigenvalue weighted by Crippen LogP contribution is 2.20. The van der Waals surface area contributed by atoms with Crippen molar-refractivity contribution in [1.82, 2.24) is 20.5 Å². The Bertz CT molecular complexity index is 835. The van der Waals surface area contributed by atoms with Crippen molar-refractivity contribution >= 4 is 47.0 Å². The highest BCUT2D eigenvalue weighted by molar-refractivity contribution is 14.0. The van der Waals surface area contributed by atoms with E-state index in [0.717, 1.165) is 74.6 Å². The number of aromatic nitrogens is 1. The number of rotatable bonds is 8. The maximum Gasteiger partial charge on any atom is 0.191 e. The van der Waals surface area contributed by atoms with Gasteiger partial charge in [0.25, 0.3) is 0 Å². The van der Waals surface area contributed by atoms with Crippen LogP contribution in [-0.4, -0.2) is 61.7 Å². The van der Waals surface area contributed by atoms with E-state index in [1.807, 2.05) is 26.0 Å². The monoisotopic (exact) mass is 560 g/mol. The first-order valence-corrected chi connectivity index (χ1v) is 11.6. The van der Waals surface area contributed by atoms with Crippen LogP contribution in [0.15, 0.2) is 29.3 Å². The Morgan fingerprint density at radius 1 is 1.16 bits per heavy atom. The van der Waals surface area contributed by atoms with E-state index >= 15 is 0 Å². The molecule has 0 spiro atoms. The van der Waals surface area contributed by atoms with E-state index in [1.54, 1.807) is 17.4 Å². The molecule has 0 radical (unpaired) electrons. The molecule has 2 N–H and O–H groups in total. The number of thiazole rings is 1. The molecule has 0 bridgehead atoms. The number of anilines is 1. The Morgan fingerprint density at radius 2 is 1.90 bits per heavy atom. The molecule has 0 atom stereocenters. The molecule has 0 amide bonds. The fourth-order valence-electron chi connectivity index (χ4n) is 3.64. The number of hydrogen-bond donors (Lipinski definition) is 2. The van der Waals surface area contributed by atoms with E-state index in [2.05, 4.69) is 32.3 Å². The van der Waals surface area contributed by atoms with Gasteiger partial charge in [-0.05, 0) is 45.9 Å². The fourth-order valence-corrected chi connectivity index (χ4v) is 4.50. The standard InChI is InChI=1S/C22H33FN6S.HI/c1-4-24-22(26-16-21-17(2)27-18(3)30-21)25-10-7-11-28-12-14-29(15-13-28)20-9-6-5-8-19(20)23;/h5-6,8-9H,4,7,10-16H2,1-3H3,(H2,24,25,26);1H. The van der Waals surface area contributed by atoms with Crippen molar-refractivity contribution in [3.8, 4) is 0 Å². The highest BCUT2D eigenvalue weighted by Gasteiger charge is 2.18. The van der Waals surface area contributed by atoms with Crippen molar-refractivity contribution in [2.75, 3.05) is 50.7 Å². The third kappa shape index (κ3) is 7.87. The molecule has 2 heterocycles. The van der Waals surface area contributed by atoms with Crippen LogP contribution in [0.4, 0.5) is 10.1 Å². The van der Waals surface area contributed by atoms with Gasteiger partial charge in [-0.2, -0.15) is 0 Å². The number of nitrogens with one attached hydrogen (secondary N) is 2. The minimum atomic E-state index is -0.130. The van der Waals surface area contributed by atoms with Gasteiger partial charge in [0.15, 0.2) is 5.96 Å². The van der Waals surface area contributed by atoms with Crippen molar-refractivity contribution in [3.05, 3.63) is 45.7 Å². The van der Waals surface area contributed by atoms with Crippen LogP contribution >= 0.6 is 35.3 Å². The van der Waals surface area contributed by atoms with Crippen LogP contribution in [0.1, 0.15) is 28.9 Å². The Morgan fingerprint density at radius 3 is 2.55 bits per heavy atom. The molecule has 9 heteroatoms. The molecule has 1 aromatic carbocycles. The molecule has 3 rings (SSSR count). The summed E-state index contributed by atoms with van der Waals surface area (Å²) < 4.78 is 14.0. The van der Waals surface area contributed by atoms with Crippen molar-refractivity contribution in [3.63, 3.8) is 0 Å². The molecule has 2 aromatic rings. The smallest absolute Gasteiger partial charge is 0.191 e. The molecular weight excluding hydrogens is 526 g/mol. The molecule has 1 aromatic heterocycles. The molecule has 1 fully saturated rings. The first-order valence-electron chi connectivity index (χ1n) is 10.7. The summed E-state index contributed by atoms with van der Waals surface area (Å²) in [7, 11) is 0. The molecular formula is C22H34FIN6S. The summed E-state index contributed by atoms with van der Waals surface area (Å²) in [6.45, 7) is 13.2. The van der Waals surface area contributed by atoms with E-state index in [1.165, 1.54) is 10.9 Å². The average molecular weight is 561 g/mol. The van der Waals surface area contributed by atoms with Gasteiger partial charge in [0.2, 0.25) is 0 Å². The summed E-state index contributed by atoms with van der Waals surface area (Å²) in [5.41, 5.74) is 1.79. The van der Waals surface area contributed by atoms with Gasteiger partial charge in [-0.3, -0.25) is 4.90 Å². The number of benzene rings is 1. The summed E-state index contributed by atoms with van der Waals surface area (Å²) in [6, 6.07) is 7.05. The minimum absolute atomic E-state index is 0. The van der Waals surface area contributed by atoms with Gasteiger partial charge in [0, 0.05) is 44.1 Å². The minimum Gasteiger partial charge on any atom is -0.367 e. The predicted molar refractivity (Wildman–Crippen MR) is 139 cm³/mol. The topological polar surface area (TPSA) is 55.8 Å². The van der Waals surface area contributed by atoms with E-state index in [-0.39, 0.29) is 29.8 Å². The molecule has 0 unspecified atom stereocenters.